The lowest BCUT2D eigenvalue weighted by Gasteiger charge is -2.29. The molecule has 0 radical (unpaired) electrons. The van der Waals surface area contributed by atoms with E-state index in [1.807, 2.05) is 18.2 Å². The van der Waals surface area contributed by atoms with Gasteiger partial charge in [0.1, 0.15) is 5.82 Å². The number of para-hydroxylation sites is 1. The third-order valence-corrected chi connectivity index (χ3v) is 3.33. The molecule has 0 aliphatic carbocycles. The highest BCUT2D eigenvalue weighted by molar-refractivity contribution is 5.90. The summed E-state index contributed by atoms with van der Waals surface area (Å²) in [6.45, 7) is 6.89. The van der Waals surface area contributed by atoms with Crippen molar-refractivity contribution in [2.24, 2.45) is 0 Å². The molecule has 0 amide bonds. The van der Waals surface area contributed by atoms with Gasteiger partial charge in [-0.05, 0) is 19.1 Å². The Balaban J connectivity index is 2.08. The minimum Gasteiger partial charge on any atom is -0.354 e. The number of anilines is 2. The van der Waals surface area contributed by atoms with Crippen molar-refractivity contribution in [3.8, 4) is 0 Å². The molecule has 0 saturated carbocycles. The Hall–Kier alpha value is -1.88. The molecule has 0 spiro atoms. The minimum atomic E-state index is 0.717. The number of aromatic nitrogens is 2. The molecule has 3 rings (SSSR count). The van der Waals surface area contributed by atoms with Crippen LogP contribution in [0.1, 0.15) is 6.92 Å². The van der Waals surface area contributed by atoms with Crippen LogP contribution < -0.4 is 15.5 Å². The van der Waals surface area contributed by atoms with Crippen LogP contribution in [0.5, 0.6) is 0 Å². The van der Waals surface area contributed by atoms with Gasteiger partial charge in [-0.25, -0.2) is 4.98 Å². The summed E-state index contributed by atoms with van der Waals surface area (Å²) >= 11 is 0. The van der Waals surface area contributed by atoms with Gasteiger partial charge in [0, 0.05) is 38.1 Å². The van der Waals surface area contributed by atoms with Crippen molar-refractivity contribution in [3.63, 3.8) is 0 Å². The number of nitrogens with one attached hydrogen (secondary N) is 2. The number of hydrogen-bond acceptors (Lipinski definition) is 5. The molecule has 1 aliphatic heterocycles. The molecule has 0 unspecified atom stereocenters. The second-order valence-electron chi connectivity index (χ2n) is 4.66. The Morgan fingerprint density at radius 3 is 2.79 bits per heavy atom. The predicted octanol–water partition coefficient (Wildman–Crippen LogP) is 1.47. The topological polar surface area (TPSA) is 53.1 Å². The molecule has 1 aromatic heterocycles. The van der Waals surface area contributed by atoms with Gasteiger partial charge in [0.05, 0.1) is 5.52 Å². The average Bonchev–Trinajstić information content (AvgIpc) is 2.48. The van der Waals surface area contributed by atoms with Crippen LogP contribution in [-0.4, -0.2) is 42.7 Å². The smallest absolute Gasteiger partial charge is 0.225 e. The monoisotopic (exact) mass is 257 g/mol. The van der Waals surface area contributed by atoms with Gasteiger partial charge in [0.15, 0.2) is 0 Å². The zero-order chi connectivity index (χ0) is 13.1. The largest absolute Gasteiger partial charge is 0.354 e. The van der Waals surface area contributed by atoms with Crippen LogP contribution in [0, 0.1) is 0 Å². The molecule has 0 bridgehead atoms. The quantitative estimate of drug-likeness (QED) is 0.872. The van der Waals surface area contributed by atoms with Crippen LogP contribution in [0.4, 0.5) is 11.8 Å². The van der Waals surface area contributed by atoms with Gasteiger partial charge < -0.3 is 15.5 Å². The summed E-state index contributed by atoms with van der Waals surface area (Å²) in [5.41, 5.74) is 1.00. The summed E-state index contributed by atoms with van der Waals surface area (Å²) < 4.78 is 0. The van der Waals surface area contributed by atoms with Gasteiger partial charge in [-0.2, -0.15) is 4.98 Å². The normalized spacial score (nSPS) is 15.7. The van der Waals surface area contributed by atoms with Crippen LogP contribution in [0.2, 0.25) is 0 Å². The van der Waals surface area contributed by atoms with E-state index in [0.29, 0.717) is 0 Å². The number of benzene rings is 1. The molecule has 2 heterocycles. The van der Waals surface area contributed by atoms with Crippen molar-refractivity contribution >= 4 is 22.7 Å². The Kier molecular flexibility index (Phi) is 3.46. The van der Waals surface area contributed by atoms with Crippen molar-refractivity contribution < 1.29 is 0 Å². The van der Waals surface area contributed by atoms with Crippen LogP contribution in [0.25, 0.3) is 10.9 Å². The van der Waals surface area contributed by atoms with Gasteiger partial charge in [0.25, 0.3) is 0 Å². The molecule has 2 aromatic rings. The molecule has 1 aliphatic rings. The highest BCUT2D eigenvalue weighted by Crippen LogP contribution is 2.25. The predicted molar refractivity (Wildman–Crippen MR) is 78.8 cm³/mol. The standard InChI is InChI=1S/C14H19N5/c1-2-16-14-17-12-6-4-3-5-11(12)13(18-14)19-9-7-15-8-10-19/h3-6,15H,2,7-10H2,1H3,(H,16,17,18). The van der Waals surface area contributed by atoms with Crippen LogP contribution >= 0.6 is 0 Å². The Bertz CT molecular complexity index is 563. The van der Waals surface area contributed by atoms with Crippen molar-refractivity contribution in [1.29, 1.82) is 0 Å². The fourth-order valence-electron chi connectivity index (χ4n) is 2.41. The summed E-state index contributed by atoms with van der Waals surface area (Å²) in [5.74, 6) is 1.76. The van der Waals surface area contributed by atoms with Gasteiger partial charge >= 0.3 is 0 Å². The number of rotatable bonds is 3. The lowest BCUT2D eigenvalue weighted by molar-refractivity contribution is 0.586. The first-order valence-corrected chi connectivity index (χ1v) is 6.85. The van der Waals surface area contributed by atoms with Gasteiger partial charge in [-0.15, -0.1) is 0 Å². The highest BCUT2D eigenvalue weighted by atomic mass is 15.3. The molecule has 1 aromatic carbocycles. The first kappa shape index (κ1) is 12.2. The molecule has 2 N–H and O–H groups in total. The number of fused-ring (bicyclic) bond motifs is 1. The average molecular weight is 257 g/mol. The minimum absolute atomic E-state index is 0.717. The summed E-state index contributed by atoms with van der Waals surface area (Å²) in [5, 5.41) is 7.72. The van der Waals surface area contributed by atoms with E-state index < -0.39 is 0 Å². The summed E-state index contributed by atoms with van der Waals surface area (Å²) in [7, 11) is 0. The second kappa shape index (κ2) is 5.40. The lowest BCUT2D eigenvalue weighted by Crippen LogP contribution is -2.44. The zero-order valence-corrected chi connectivity index (χ0v) is 11.2. The van der Waals surface area contributed by atoms with E-state index in [-0.39, 0.29) is 0 Å². The van der Waals surface area contributed by atoms with E-state index in [4.69, 9.17) is 4.98 Å². The van der Waals surface area contributed by atoms with Crippen LogP contribution in [0.3, 0.4) is 0 Å². The lowest BCUT2D eigenvalue weighted by atomic mass is 10.2. The van der Waals surface area contributed by atoms with E-state index in [9.17, 15) is 0 Å². The molecule has 19 heavy (non-hydrogen) atoms. The third kappa shape index (κ3) is 2.46. The zero-order valence-electron chi connectivity index (χ0n) is 11.2. The van der Waals surface area contributed by atoms with Crippen molar-refractivity contribution in [2.75, 3.05) is 42.9 Å². The Labute approximate surface area is 113 Å². The molecule has 0 atom stereocenters. The van der Waals surface area contributed by atoms with Crippen molar-refractivity contribution in [1.82, 2.24) is 15.3 Å². The molecule has 5 nitrogen and oxygen atoms in total. The van der Waals surface area contributed by atoms with E-state index in [1.54, 1.807) is 0 Å². The Morgan fingerprint density at radius 2 is 2.00 bits per heavy atom. The molecular formula is C14H19N5. The molecule has 1 saturated heterocycles. The SMILES string of the molecule is CCNc1nc(N2CCNCC2)c2ccccc2n1. The number of piperazine rings is 1. The van der Waals surface area contributed by atoms with Crippen LogP contribution in [-0.2, 0) is 0 Å². The summed E-state index contributed by atoms with van der Waals surface area (Å²) in [6, 6.07) is 8.21. The number of nitrogens with zero attached hydrogens (tertiary/aromatic N) is 3. The Morgan fingerprint density at radius 1 is 1.21 bits per heavy atom. The maximum Gasteiger partial charge on any atom is 0.225 e. The van der Waals surface area contributed by atoms with Gasteiger partial charge in [-0.1, -0.05) is 12.1 Å². The molecule has 100 valence electrons. The van der Waals surface area contributed by atoms with Gasteiger partial charge in [-0.3, -0.25) is 0 Å². The van der Waals surface area contributed by atoms with E-state index >= 15 is 0 Å². The van der Waals surface area contributed by atoms with E-state index in [2.05, 4.69) is 33.5 Å². The maximum atomic E-state index is 4.69. The molecule has 5 heteroatoms. The number of hydrogen-bond donors (Lipinski definition) is 2. The van der Waals surface area contributed by atoms with Crippen LogP contribution in [0.15, 0.2) is 24.3 Å². The molecule has 1 fully saturated rings. The summed E-state index contributed by atoms with van der Waals surface area (Å²) in [6.07, 6.45) is 0. The van der Waals surface area contributed by atoms with E-state index in [1.165, 1.54) is 0 Å². The fraction of sp³-hybridized carbons (Fsp3) is 0.429. The van der Waals surface area contributed by atoms with Crippen molar-refractivity contribution in [2.45, 2.75) is 6.92 Å². The first-order chi connectivity index (χ1) is 9.38. The summed E-state index contributed by atoms with van der Waals surface area (Å²) in [4.78, 5) is 11.6. The first-order valence-electron chi connectivity index (χ1n) is 6.85. The second-order valence-corrected chi connectivity index (χ2v) is 4.66. The maximum absolute atomic E-state index is 4.69. The fourth-order valence-corrected chi connectivity index (χ4v) is 2.41. The highest BCUT2D eigenvalue weighted by Gasteiger charge is 2.16. The molecular weight excluding hydrogens is 238 g/mol. The third-order valence-electron chi connectivity index (χ3n) is 3.33. The van der Waals surface area contributed by atoms with E-state index in [0.717, 1.165) is 55.4 Å². The van der Waals surface area contributed by atoms with Gasteiger partial charge in [0.2, 0.25) is 5.95 Å². The van der Waals surface area contributed by atoms with Crippen molar-refractivity contribution in [3.05, 3.63) is 24.3 Å².